The van der Waals surface area contributed by atoms with Crippen molar-refractivity contribution in [2.75, 3.05) is 6.61 Å². The zero-order valence-corrected chi connectivity index (χ0v) is 12.2. The van der Waals surface area contributed by atoms with Crippen LogP contribution in [0.15, 0.2) is 48.5 Å². The summed E-state index contributed by atoms with van der Waals surface area (Å²) in [4.78, 5) is 0. The molecular weight excluding hydrogens is 262 g/mol. The van der Waals surface area contributed by atoms with Crippen LogP contribution in [0.25, 0.3) is 11.1 Å². The number of fused-ring (bicyclic) bond motifs is 4. The first kappa shape index (κ1) is 12.7. The second-order valence-corrected chi connectivity index (χ2v) is 6.06. The quantitative estimate of drug-likeness (QED) is 0.753. The lowest BCUT2D eigenvalue weighted by Gasteiger charge is -2.20. The van der Waals surface area contributed by atoms with E-state index in [1.807, 2.05) is 48.8 Å². The summed E-state index contributed by atoms with van der Waals surface area (Å²) in [6.45, 7) is 4.52. The number of ether oxygens (including phenoxy) is 1. The molecule has 0 saturated heterocycles. The van der Waals surface area contributed by atoms with Gasteiger partial charge in [-0.15, -0.1) is 0 Å². The Hall–Kier alpha value is -1.97. The highest BCUT2D eigenvalue weighted by Gasteiger charge is 2.48. The van der Waals surface area contributed by atoms with E-state index in [9.17, 15) is 5.11 Å². The summed E-state index contributed by atoms with van der Waals surface area (Å²) in [5.74, 6) is 0. The molecule has 0 bridgehead atoms. The summed E-state index contributed by atoms with van der Waals surface area (Å²) in [6.07, 6.45) is -0.693. The Bertz CT molecular complexity index is 761. The molecule has 0 spiro atoms. The topological polar surface area (TPSA) is 32.5 Å². The lowest BCUT2D eigenvalue weighted by Crippen LogP contribution is -2.37. The Labute approximate surface area is 124 Å². The standard InChI is InChI=1S/C18H18NO2/c1-18(2)19-16(11-21-18)14-9-5-3-7-12(14)13-8-4-6-10-15(13)17(19)20/h3-10,17,20H,11H2,1-2H3/q+1. The van der Waals surface area contributed by atoms with Crippen LogP contribution in [0.4, 0.5) is 0 Å². The van der Waals surface area contributed by atoms with Crippen molar-refractivity contribution >= 4 is 5.71 Å². The smallest absolute Gasteiger partial charge is 0.285 e. The van der Waals surface area contributed by atoms with Crippen molar-refractivity contribution in [3.63, 3.8) is 0 Å². The summed E-state index contributed by atoms with van der Waals surface area (Å²) in [5.41, 5.74) is 4.87. The monoisotopic (exact) mass is 280 g/mol. The molecule has 0 aliphatic carbocycles. The molecule has 0 fully saturated rings. The first-order valence-corrected chi connectivity index (χ1v) is 7.25. The Morgan fingerprint density at radius 3 is 2.38 bits per heavy atom. The summed E-state index contributed by atoms with van der Waals surface area (Å²) in [5, 5.41) is 10.9. The summed E-state index contributed by atoms with van der Waals surface area (Å²) in [7, 11) is 0. The van der Waals surface area contributed by atoms with Gasteiger partial charge in [-0.2, -0.15) is 4.58 Å². The predicted molar refractivity (Wildman–Crippen MR) is 81.2 cm³/mol. The van der Waals surface area contributed by atoms with Gasteiger partial charge in [0, 0.05) is 13.8 Å². The van der Waals surface area contributed by atoms with E-state index in [0.717, 1.165) is 28.0 Å². The summed E-state index contributed by atoms with van der Waals surface area (Å²) < 4.78 is 7.91. The molecule has 0 saturated carbocycles. The van der Waals surface area contributed by atoms with Crippen molar-refractivity contribution in [2.45, 2.75) is 25.8 Å². The van der Waals surface area contributed by atoms with E-state index in [2.05, 4.69) is 18.2 Å². The summed E-state index contributed by atoms with van der Waals surface area (Å²) in [6, 6.07) is 16.4. The highest BCUT2D eigenvalue weighted by Crippen LogP contribution is 2.39. The molecule has 2 aromatic carbocycles. The molecule has 3 nitrogen and oxygen atoms in total. The molecule has 2 aromatic rings. The maximum absolute atomic E-state index is 10.9. The van der Waals surface area contributed by atoms with Crippen molar-refractivity contribution in [1.82, 2.24) is 0 Å². The second kappa shape index (κ2) is 4.26. The highest BCUT2D eigenvalue weighted by molar-refractivity contribution is 6.05. The molecule has 0 radical (unpaired) electrons. The SMILES string of the molecule is CC1(C)OCC2=[N+]1C(O)c1ccccc1-c1ccccc12. The number of benzene rings is 2. The molecule has 1 atom stereocenters. The van der Waals surface area contributed by atoms with Crippen LogP contribution in [0, 0.1) is 0 Å². The van der Waals surface area contributed by atoms with Gasteiger partial charge in [0.1, 0.15) is 6.61 Å². The molecule has 1 N–H and O–H groups in total. The lowest BCUT2D eigenvalue weighted by molar-refractivity contribution is -0.701. The van der Waals surface area contributed by atoms with Crippen molar-refractivity contribution in [3.8, 4) is 11.1 Å². The predicted octanol–water partition coefficient (Wildman–Crippen LogP) is 2.93. The van der Waals surface area contributed by atoms with Gasteiger partial charge in [0.15, 0.2) is 0 Å². The van der Waals surface area contributed by atoms with Crippen molar-refractivity contribution in [1.29, 1.82) is 0 Å². The van der Waals surface area contributed by atoms with Crippen LogP contribution in [0.3, 0.4) is 0 Å². The normalized spacial score (nSPS) is 22.3. The Kier molecular flexibility index (Phi) is 2.59. The van der Waals surface area contributed by atoms with Crippen LogP contribution in [0.1, 0.15) is 31.2 Å². The van der Waals surface area contributed by atoms with E-state index >= 15 is 0 Å². The van der Waals surface area contributed by atoms with Crippen LogP contribution < -0.4 is 0 Å². The number of aliphatic hydroxyl groups excluding tert-OH is 1. The minimum absolute atomic E-state index is 0.515. The Morgan fingerprint density at radius 1 is 1.00 bits per heavy atom. The van der Waals surface area contributed by atoms with E-state index in [1.54, 1.807) is 0 Å². The fourth-order valence-electron chi connectivity index (χ4n) is 3.43. The van der Waals surface area contributed by atoms with Gasteiger partial charge in [-0.05, 0) is 23.3 Å². The third kappa shape index (κ3) is 1.71. The molecule has 106 valence electrons. The fourth-order valence-corrected chi connectivity index (χ4v) is 3.43. The van der Waals surface area contributed by atoms with Gasteiger partial charge in [0.2, 0.25) is 5.71 Å². The lowest BCUT2D eigenvalue weighted by atomic mass is 9.94. The maximum Gasteiger partial charge on any atom is 0.285 e. The van der Waals surface area contributed by atoms with E-state index < -0.39 is 12.0 Å². The molecule has 0 aromatic heterocycles. The van der Waals surface area contributed by atoms with Gasteiger partial charge in [0.05, 0.1) is 11.1 Å². The Balaban J connectivity index is 2.11. The highest BCUT2D eigenvalue weighted by atomic mass is 16.5. The average Bonchev–Trinajstić information content (AvgIpc) is 2.76. The molecule has 2 aliphatic rings. The van der Waals surface area contributed by atoms with Crippen molar-refractivity contribution < 1.29 is 14.4 Å². The van der Waals surface area contributed by atoms with Crippen molar-refractivity contribution in [2.24, 2.45) is 0 Å². The van der Waals surface area contributed by atoms with E-state index in [4.69, 9.17) is 4.74 Å². The number of hydrogen-bond donors (Lipinski definition) is 1. The molecule has 3 heteroatoms. The van der Waals surface area contributed by atoms with Crippen LogP contribution in [0.2, 0.25) is 0 Å². The fraction of sp³-hybridized carbons (Fsp3) is 0.278. The average molecular weight is 280 g/mol. The minimum Gasteiger partial charge on any atom is -0.333 e. The zero-order valence-electron chi connectivity index (χ0n) is 12.2. The van der Waals surface area contributed by atoms with Gasteiger partial charge in [-0.1, -0.05) is 36.4 Å². The summed E-state index contributed by atoms with van der Waals surface area (Å²) >= 11 is 0. The van der Waals surface area contributed by atoms with Crippen molar-refractivity contribution in [3.05, 3.63) is 59.7 Å². The van der Waals surface area contributed by atoms with Gasteiger partial charge >= 0.3 is 0 Å². The molecular formula is C18H18NO2+. The first-order chi connectivity index (χ1) is 10.1. The molecule has 21 heavy (non-hydrogen) atoms. The first-order valence-electron chi connectivity index (χ1n) is 7.25. The van der Waals surface area contributed by atoms with Crippen LogP contribution >= 0.6 is 0 Å². The maximum atomic E-state index is 10.9. The Morgan fingerprint density at radius 2 is 1.62 bits per heavy atom. The van der Waals surface area contributed by atoms with Gasteiger partial charge in [-0.3, -0.25) is 0 Å². The third-order valence-electron chi connectivity index (χ3n) is 4.44. The van der Waals surface area contributed by atoms with Gasteiger partial charge < -0.3 is 9.84 Å². The van der Waals surface area contributed by atoms with Crippen LogP contribution in [0.5, 0.6) is 0 Å². The second-order valence-electron chi connectivity index (χ2n) is 6.06. The van der Waals surface area contributed by atoms with Crippen LogP contribution in [-0.2, 0) is 4.74 Å². The molecule has 4 rings (SSSR count). The number of rotatable bonds is 0. The van der Waals surface area contributed by atoms with E-state index in [0.29, 0.717) is 6.61 Å². The van der Waals surface area contributed by atoms with E-state index in [1.165, 1.54) is 0 Å². The van der Waals surface area contributed by atoms with E-state index in [-0.39, 0.29) is 0 Å². The minimum atomic E-state index is -0.693. The third-order valence-corrected chi connectivity index (χ3v) is 4.44. The molecule has 0 amide bonds. The number of hydrogen-bond acceptors (Lipinski definition) is 2. The largest absolute Gasteiger partial charge is 0.333 e. The van der Waals surface area contributed by atoms with Gasteiger partial charge in [0.25, 0.3) is 12.0 Å². The number of nitrogens with zero attached hydrogens (tertiary/aromatic N) is 1. The molecule has 2 aliphatic heterocycles. The van der Waals surface area contributed by atoms with Crippen LogP contribution in [-0.4, -0.2) is 27.7 Å². The van der Waals surface area contributed by atoms with Gasteiger partial charge in [-0.25, -0.2) is 0 Å². The zero-order chi connectivity index (χ0) is 14.6. The molecule has 2 heterocycles. The number of aliphatic hydroxyl groups is 1. The molecule has 1 unspecified atom stereocenters.